The molecule has 9 N–H and O–H groups in total. The predicted octanol–water partition coefficient (Wildman–Crippen LogP) is 5.11. The number of methoxy groups -OCH3 is 7. The van der Waals surface area contributed by atoms with Crippen molar-refractivity contribution in [1.82, 2.24) is 59.2 Å². The number of carbonyl (C=O) groups excluding carboxylic acids is 5. The van der Waals surface area contributed by atoms with Gasteiger partial charge in [0.05, 0.1) is 60.9 Å². The normalized spacial score (nSPS) is 10.1. The molecule has 1 aliphatic heterocycles. The van der Waals surface area contributed by atoms with Gasteiger partial charge in [0, 0.05) is 19.6 Å². The second-order valence-corrected chi connectivity index (χ2v) is 24.1. The maximum absolute atomic E-state index is 12.9. The van der Waals surface area contributed by atoms with Crippen LogP contribution in [0.3, 0.4) is 0 Å². The zero-order chi connectivity index (χ0) is 88.6. The van der Waals surface area contributed by atoms with E-state index < -0.39 is 17.9 Å². The van der Waals surface area contributed by atoms with Crippen LogP contribution in [0.15, 0.2) is 240 Å². The van der Waals surface area contributed by atoms with Gasteiger partial charge in [-0.2, -0.15) is 0 Å². The van der Waals surface area contributed by atoms with Gasteiger partial charge in [0.2, 0.25) is 0 Å². The Labute approximate surface area is 867 Å². The number of aryl methyl sites for hydroxylation is 3. The number of ether oxygens (including phenoxy) is 11. The molecule has 41 heteroatoms. The van der Waals surface area contributed by atoms with Gasteiger partial charge in [-0.3, -0.25) is 14.4 Å². The summed E-state index contributed by atoms with van der Waals surface area (Å²) in [5, 5.41) is 56.4. The summed E-state index contributed by atoms with van der Waals surface area (Å²) in [5.41, 5.74) is 8.82. The first-order chi connectivity index (χ1) is 59.2. The number of aromatic hydroxyl groups is 1. The van der Waals surface area contributed by atoms with Crippen LogP contribution in [0.25, 0.3) is 34.6 Å². The Morgan fingerprint density at radius 1 is 0.553 bits per heavy atom. The van der Waals surface area contributed by atoms with Gasteiger partial charge in [0.25, 0.3) is 18.3 Å². The molecule has 11 aromatic rings. The average molecular weight is 1870 g/mol. The van der Waals surface area contributed by atoms with E-state index in [1.54, 1.807) is 141 Å². The van der Waals surface area contributed by atoms with E-state index in [2.05, 4.69) is 103 Å². The number of aromatic carboxylic acids is 1. The van der Waals surface area contributed by atoms with E-state index in [9.17, 15) is 29.1 Å². The molecular formula is C91H116K2LiN15O23. The fourth-order valence-electron chi connectivity index (χ4n) is 10.3. The fourth-order valence-corrected chi connectivity index (χ4v) is 10.3. The van der Waals surface area contributed by atoms with Crippen molar-refractivity contribution in [2.24, 2.45) is 0 Å². The van der Waals surface area contributed by atoms with E-state index >= 15 is 0 Å². The van der Waals surface area contributed by atoms with E-state index in [1.807, 2.05) is 68.3 Å². The number of allylic oxidation sites excluding steroid dienone is 3. The average Bonchev–Trinajstić information content (AvgIpc) is 1.65. The number of anilines is 3. The summed E-state index contributed by atoms with van der Waals surface area (Å²) in [6, 6.07) is 40.2. The van der Waals surface area contributed by atoms with Gasteiger partial charge in [-0.1, -0.05) is 118 Å². The number of esters is 2. The van der Waals surface area contributed by atoms with E-state index in [4.69, 9.17) is 63.5 Å². The van der Waals surface area contributed by atoms with Crippen molar-refractivity contribution in [1.29, 1.82) is 0 Å². The number of carbonyl (C=O) groups is 6. The van der Waals surface area contributed by atoms with Crippen LogP contribution in [0, 0.1) is 0 Å². The van der Waals surface area contributed by atoms with E-state index in [0.29, 0.717) is 135 Å². The summed E-state index contributed by atoms with van der Waals surface area (Å²) in [6.45, 7) is 21.3. The van der Waals surface area contributed by atoms with Gasteiger partial charge >= 0.3 is 140 Å². The van der Waals surface area contributed by atoms with Gasteiger partial charge in [-0.15, -0.1) is 43.7 Å². The van der Waals surface area contributed by atoms with Gasteiger partial charge in [-0.05, 0) is 147 Å². The Bertz CT molecular complexity index is 5360. The molecule has 2 amide bonds. The smallest absolute Gasteiger partial charge is 1.00 e. The Balaban J connectivity index is -0.000000364. The first kappa shape index (κ1) is 128. The number of nitrogen functional groups attached to an aromatic ring is 1. The molecule has 0 spiro atoms. The number of nitrogens with two attached hydrogens (primary N) is 1. The number of carboxylic acid groups (broad SMARTS) is 1. The Hall–Kier alpha value is -12.2. The van der Waals surface area contributed by atoms with Crippen LogP contribution in [0.5, 0.6) is 57.5 Å². The van der Waals surface area contributed by atoms with Crippen LogP contribution in [0.1, 0.15) is 110 Å². The van der Waals surface area contributed by atoms with Crippen molar-refractivity contribution < 1.29 is 235 Å². The molecule has 1 aliphatic rings. The van der Waals surface area contributed by atoms with Crippen molar-refractivity contribution in [3.05, 3.63) is 268 Å². The third-order valence-electron chi connectivity index (χ3n) is 16.1. The van der Waals surface area contributed by atoms with Crippen molar-refractivity contribution in [3.8, 4) is 92.1 Å². The predicted molar refractivity (Wildman–Crippen MR) is 490 cm³/mol. The van der Waals surface area contributed by atoms with Crippen LogP contribution < -0.4 is 186 Å². The summed E-state index contributed by atoms with van der Waals surface area (Å²) in [4.78, 5) is 83.7. The largest absolute Gasteiger partial charge is 1.00 e. The second kappa shape index (κ2) is 71.5. The number of phenolic OH excluding ortho intramolecular Hbond substituents is 1. The van der Waals surface area contributed by atoms with Crippen LogP contribution in [0.2, 0.25) is 0 Å². The second-order valence-electron chi connectivity index (χ2n) is 24.1. The van der Waals surface area contributed by atoms with Crippen LogP contribution >= 0.6 is 0 Å². The van der Waals surface area contributed by atoms with Crippen molar-refractivity contribution in [3.63, 3.8) is 0 Å². The van der Waals surface area contributed by atoms with Gasteiger partial charge in [0.15, 0.2) is 17.5 Å². The van der Waals surface area contributed by atoms with E-state index in [1.165, 1.54) is 60.9 Å². The first-order valence-corrected chi connectivity index (χ1v) is 36.6. The molecule has 2 bridgehead atoms. The minimum Gasteiger partial charge on any atom is -1.00 e. The number of nitrogens with zero attached hydrogens (tertiary/aromatic N) is 12. The Morgan fingerprint density at radius 3 is 1.46 bits per heavy atom. The standard InChI is InChI=1S/C22H23N5O3.C20H19N5O3.C12H14O4.C11H13N5.C11H12O4.C9H10O4.CH2O3.5CH4.2K.Li.2H2O.H/c1-4-6-12-27-15-23-26-21(27)18-8-7-9-20(24-18)25-22(28)17-14-16(29-3)10-11-19(17)30-13-5-2;1-27-14-8-9-17-15(12-14)20(26)23-18-7-5-6-16(22-18)19-24-21-13-25(19)10-3-2-4-11-28-17;1-4-7-16-11-6-5-9(14-2)8-10(11)12(13)15-3;1-2-3-7-16-8-13-15-11(16)9-5-4-6-10(12)14-9;1-3-6-15-10-5-4-8(14-2)7-9(10)11(12)13;1-12-6-3-4-8(10)7(5-6)9(11)13-2;2-1-4-3;;;;;;;;;;;/h4-5,7-11,14-15H,1-2,6,12-13H2,3H3,(H,24,25,28);2,4-9,12-13H,3,10-11H2,1H3,(H,22,23,26);4-6,8H,1,7H2,2-3H3;2,4-6,8H,1,3,7H2,(H2,12,14);3-5,7H,1,6H2,2H3,(H,12,13);3-5,10H,1-2H3;1,3H;5*1H4;;;;2*1H2;/q;;;;;;;;;;;;3*+1;;;-1/p-2/b;4-2+;;;;;;;;;;;;;;;;. The molecule has 0 radical (unpaired) electrons. The van der Waals surface area contributed by atoms with Crippen molar-refractivity contribution >= 4 is 53.6 Å². The summed E-state index contributed by atoms with van der Waals surface area (Å²) in [5.74, 6) is 4.70. The minimum atomic E-state index is -1.05. The van der Waals surface area contributed by atoms with E-state index in [0.717, 1.165) is 37.3 Å². The molecule has 12 rings (SSSR count). The molecule has 0 saturated carbocycles. The minimum absolute atomic E-state index is 0. The monoisotopic (exact) mass is 1870 g/mol. The SMILES string of the molecule is C.C.C.C.C.C=CCCn1cnnc1-c1cccc(N)n1.C=CCCn1cnnc1-c1cccc(NC(=O)c2cc(OC)ccc2OCC=C)n1.C=CCOc1ccc(OC)cc1C(=O)O.C=CCOc1ccc(OC)cc1C(=O)OC.COC(=O)c1cc(OC)ccc1O.COc1ccc2c(c1)C(=O)Nc1cccc(n1)-c1nncn1CC/C=C/CO2.O.O=CO[O-].[H-].[K+].[K+].[Li+].[OH-]. The van der Waals surface area contributed by atoms with Gasteiger partial charge in [-0.25, -0.2) is 29.3 Å². The number of hydrogen-bond donors (Lipinski definition) is 5. The van der Waals surface area contributed by atoms with Crippen LogP contribution in [0.4, 0.5) is 17.5 Å². The summed E-state index contributed by atoms with van der Waals surface area (Å²) < 4.78 is 62.1. The van der Waals surface area contributed by atoms with Crippen molar-refractivity contribution in [2.75, 3.05) is 92.6 Å². The molecule has 0 saturated heterocycles. The number of phenols is 1. The van der Waals surface area contributed by atoms with Gasteiger partial charge in [0.1, 0.15) is 154 Å². The van der Waals surface area contributed by atoms with E-state index in [-0.39, 0.29) is 220 Å². The van der Waals surface area contributed by atoms with Gasteiger partial charge < -0.3 is 115 Å². The molecule has 38 nitrogen and oxygen atoms in total. The van der Waals surface area contributed by atoms with Crippen molar-refractivity contribution in [2.45, 2.75) is 76.0 Å². The first-order valence-electron chi connectivity index (χ1n) is 36.6. The molecule has 0 aliphatic carbocycles. The number of carboxylic acids is 1. The zero-order valence-electron chi connectivity index (χ0n) is 72.9. The molecule has 6 aromatic heterocycles. The maximum Gasteiger partial charge on any atom is 1.00 e. The number of benzene rings is 5. The molecule has 0 fully saturated rings. The third kappa shape index (κ3) is 41.5. The molecule has 5 aromatic carbocycles. The topological polar surface area (TPSA) is 519 Å². The number of pyridine rings is 3. The zero-order valence-corrected chi connectivity index (χ0v) is 78.1. The number of amides is 2. The molecule has 7 heterocycles. The Kier molecular flexibility index (Phi) is 69.5. The molecule has 0 atom stereocenters. The summed E-state index contributed by atoms with van der Waals surface area (Å²) >= 11 is 0. The number of aromatic nitrogens is 12. The Morgan fingerprint density at radius 2 is 0.977 bits per heavy atom. The third-order valence-corrected chi connectivity index (χ3v) is 16.1. The molecule has 132 heavy (non-hydrogen) atoms. The number of nitrogens with one attached hydrogen (secondary N) is 2. The number of fused-ring (bicyclic) bond motifs is 5. The summed E-state index contributed by atoms with van der Waals surface area (Å²) in [7, 11) is 10.1. The quantitative estimate of drug-likeness (QED) is 0.0106. The number of rotatable bonds is 28. The molecular weight excluding hydrogens is 1760 g/mol. The number of hydrogen-bond acceptors (Lipinski definition) is 31. The molecule has 696 valence electrons. The van der Waals surface area contributed by atoms with Crippen LogP contribution in [-0.4, -0.2) is 193 Å². The maximum atomic E-state index is 12.9. The van der Waals surface area contributed by atoms with Crippen LogP contribution in [-0.2, 0) is 38.8 Å². The fraction of sp³-hybridized carbons (Fsp3) is 0.242. The summed E-state index contributed by atoms with van der Waals surface area (Å²) in [6.07, 6.45) is 19.8. The molecule has 0 unspecified atom stereocenters.